The van der Waals surface area contributed by atoms with Crippen LogP contribution in [0.2, 0.25) is 0 Å². The zero-order chi connectivity index (χ0) is 15.9. The van der Waals surface area contributed by atoms with E-state index < -0.39 is 0 Å². The number of nitrogens with zero attached hydrogens (tertiary/aromatic N) is 2. The van der Waals surface area contributed by atoms with Gasteiger partial charge in [0, 0.05) is 20.0 Å². The summed E-state index contributed by atoms with van der Waals surface area (Å²) in [5.41, 5.74) is 2.36. The highest BCUT2D eigenvalue weighted by Crippen LogP contribution is 2.15. The molecule has 22 heavy (non-hydrogen) atoms. The second-order valence-corrected chi connectivity index (χ2v) is 4.84. The van der Waals surface area contributed by atoms with Crippen molar-refractivity contribution in [3.05, 3.63) is 47.8 Å². The third kappa shape index (κ3) is 3.72. The van der Waals surface area contributed by atoms with Crippen molar-refractivity contribution in [1.29, 1.82) is 0 Å². The van der Waals surface area contributed by atoms with Gasteiger partial charge in [0.1, 0.15) is 0 Å². The van der Waals surface area contributed by atoms with E-state index in [1.807, 2.05) is 37.3 Å². The van der Waals surface area contributed by atoms with Crippen LogP contribution in [0.1, 0.15) is 29.9 Å². The lowest BCUT2D eigenvalue weighted by Crippen LogP contribution is -2.33. The Morgan fingerprint density at radius 2 is 1.82 bits per heavy atom. The van der Waals surface area contributed by atoms with Crippen molar-refractivity contribution in [3.63, 3.8) is 0 Å². The van der Waals surface area contributed by atoms with E-state index in [2.05, 4.69) is 15.7 Å². The fourth-order valence-electron chi connectivity index (χ4n) is 2.21. The van der Waals surface area contributed by atoms with Crippen molar-refractivity contribution in [2.75, 3.05) is 13.1 Å². The molecule has 0 spiro atoms. The van der Waals surface area contributed by atoms with Crippen LogP contribution >= 0.6 is 0 Å². The van der Waals surface area contributed by atoms with E-state index in [4.69, 9.17) is 0 Å². The Labute approximate surface area is 129 Å². The Balaban J connectivity index is 2.10. The van der Waals surface area contributed by atoms with Crippen molar-refractivity contribution < 1.29 is 9.59 Å². The first-order valence-electron chi connectivity index (χ1n) is 7.28. The van der Waals surface area contributed by atoms with Gasteiger partial charge in [0.05, 0.1) is 23.1 Å². The molecule has 1 aromatic carbocycles. The highest BCUT2D eigenvalue weighted by atomic mass is 16.2. The minimum atomic E-state index is -0.176. The summed E-state index contributed by atoms with van der Waals surface area (Å²) < 4.78 is 1.78. The molecule has 0 saturated heterocycles. The first-order chi connectivity index (χ1) is 10.6. The van der Waals surface area contributed by atoms with Gasteiger partial charge in [-0.25, -0.2) is 4.68 Å². The van der Waals surface area contributed by atoms with Gasteiger partial charge in [0.25, 0.3) is 5.91 Å². The van der Waals surface area contributed by atoms with E-state index in [1.165, 1.54) is 6.92 Å². The monoisotopic (exact) mass is 300 g/mol. The Bertz CT molecular complexity index is 649. The highest BCUT2D eigenvalue weighted by Gasteiger charge is 2.16. The van der Waals surface area contributed by atoms with Crippen LogP contribution < -0.4 is 10.6 Å². The van der Waals surface area contributed by atoms with Gasteiger partial charge >= 0.3 is 0 Å². The molecular weight excluding hydrogens is 280 g/mol. The molecule has 6 nitrogen and oxygen atoms in total. The van der Waals surface area contributed by atoms with Gasteiger partial charge in [-0.1, -0.05) is 25.1 Å². The van der Waals surface area contributed by atoms with Gasteiger partial charge in [-0.05, 0) is 18.6 Å². The van der Waals surface area contributed by atoms with Crippen molar-refractivity contribution in [2.45, 2.75) is 20.3 Å². The highest BCUT2D eigenvalue weighted by molar-refractivity contribution is 5.95. The lowest BCUT2D eigenvalue weighted by Gasteiger charge is -2.08. The maximum Gasteiger partial charge on any atom is 0.254 e. The van der Waals surface area contributed by atoms with Crippen LogP contribution in [-0.2, 0) is 11.2 Å². The first kappa shape index (κ1) is 15.8. The Morgan fingerprint density at radius 3 is 2.45 bits per heavy atom. The fraction of sp³-hybridized carbons (Fsp3) is 0.312. The summed E-state index contributed by atoms with van der Waals surface area (Å²) in [5.74, 6) is -0.287. The van der Waals surface area contributed by atoms with E-state index in [1.54, 1.807) is 10.9 Å². The lowest BCUT2D eigenvalue weighted by molar-refractivity contribution is -0.118. The molecule has 0 unspecified atom stereocenters. The van der Waals surface area contributed by atoms with Gasteiger partial charge < -0.3 is 10.6 Å². The Kier molecular flexibility index (Phi) is 5.30. The molecule has 0 aliphatic heterocycles. The van der Waals surface area contributed by atoms with E-state index >= 15 is 0 Å². The Hall–Kier alpha value is -2.63. The van der Waals surface area contributed by atoms with E-state index in [-0.39, 0.29) is 11.8 Å². The average molecular weight is 300 g/mol. The molecule has 0 atom stereocenters. The standard InChI is InChI=1S/C16H20N4O2/c1-3-15-14(16(22)18-10-9-17-12(2)21)11-19-20(15)13-7-5-4-6-8-13/h4-8,11H,3,9-10H2,1-2H3,(H,17,21)(H,18,22). The number of hydrogen-bond acceptors (Lipinski definition) is 3. The lowest BCUT2D eigenvalue weighted by atomic mass is 10.2. The number of aromatic nitrogens is 2. The van der Waals surface area contributed by atoms with Crippen molar-refractivity contribution >= 4 is 11.8 Å². The summed E-state index contributed by atoms with van der Waals surface area (Å²) >= 11 is 0. The number of carbonyl (C=O) groups is 2. The number of carbonyl (C=O) groups excluding carboxylic acids is 2. The predicted molar refractivity (Wildman–Crippen MR) is 84.0 cm³/mol. The van der Waals surface area contributed by atoms with Crippen molar-refractivity contribution in [1.82, 2.24) is 20.4 Å². The zero-order valence-electron chi connectivity index (χ0n) is 12.8. The molecule has 2 amide bonds. The second kappa shape index (κ2) is 7.40. The topological polar surface area (TPSA) is 76.0 Å². The molecule has 2 aromatic rings. The van der Waals surface area contributed by atoms with Gasteiger partial charge in [-0.15, -0.1) is 0 Å². The first-order valence-corrected chi connectivity index (χ1v) is 7.28. The van der Waals surface area contributed by atoms with E-state index in [9.17, 15) is 9.59 Å². The SMILES string of the molecule is CCc1c(C(=O)NCCNC(C)=O)cnn1-c1ccccc1. The van der Waals surface area contributed by atoms with Gasteiger partial charge in [-0.3, -0.25) is 9.59 Å². The molecule has 0 radical (unpaired) electrons. The van der Waals surface area contributed by atoms with Crippen LogP contribution in [0.25, 0.3) is 5.69 Å². The number of amides is 2. The van der Waals surface area contributed by atoms with Gasteiger partial charge in [0.2, 0.25) is 5.91 Å². The molecule has 116 valence electrons. The summed E-state index contributed by atoms with van der Waals surface area (Å²) in [7, 11) is 0. The normalized spacial score (nSPS) is 10.3. The molecule has 0 fully saturated rings. The van der Waals surface area contributed by atoms with Crippen LogP contribution in [0, 0.1) is 0 Å². The average Bonchev–Trinajstić information content (AvgIpc) is 2.96. The maximum absolute atomic E-state index is 12.2. The van der Waals surface area contributed by atoms with Gasteiger partial charge in [-0.2, -0.15) is 5.10 Å². The van der Waals surface area contributed by atoms with Gasteiger partial charge in [0.15, 0.2) is 0 Å². The number of rotatable bonds is 6. The molecular formula is C16H20N4O2. The minimum Gasteiger partial charge on any atom is -0.355 e. The van der Waals surface area contributed by atoms with Crippen LogP contribution in [0.15, 0.2) is 36.5 Å². The maximum atomic E-state index is 12.2. The van der Waals surface area contributed by atoms with E-state index in [0.717, 1.165) is 11.4 Å². The molecule has 0 aliphatic carbocycles. The molecule has 6 heteroatoms. The molecule has 2 rings (SSSR count). The predicted octanol–water partition coefficient (Wildman–Crippen LogP) is 1.30. The molecule has 0 saturated carbocycles. The fourth-order valence-corrected chi connectivity index (χ4v) is 2.21. The van der Waals surface area contributed by atoms with Crippen LogP contribution in [0.3, 0.4) is 0 Å². The third-order valence-electron chi connectivity index (χ3n) is 3.23. The third-order valence-corrected chi connectivity index (χ3v) is 3.23. The number of nitrogens with one attached hydrogen (secondary N) is 2. The summed E-state index contributed by atoms with van der Waals surface area (Å²) in [5, 5.41) is 9.75. The second-order valence-electron chi connectivity index (χ2n) is 4.84. The smallest absolute Gasteiger partial charge is 0.254 e. The van der Waals surface area contributed by atoms with Crippen molar-refractivity contribution in [2.24, 2.45) is 0 Å². The molecule has 0 bridgehead atoms. The molecule has 1 aromatic heterocycles. The quantitative estimate of drug-likeness (QED) is 0.790. The molecule has 2 N–H and O–H groups in total. The number of hydrogen-bond donors (Lipinski definition) is 2. The van der Waals surface area contributed by atoms with Crippen LogP contribution in [-0.4, -0.2) is 34.7 Å². The molecule has 0 aliphatic rings. The number of benzene rings is 1. The van der Waals surface area contributed by atoms with Crippen LogP contribution in [0.5, 0.6) is 0 Å². The summed E-state index contributed by atoms with van der Waals surface area (Å²) in [4.78, 5) is 23.0. The van der Waals surface area contributed by atoms with Crippen LogP contribution in [0.4, 0.5) is 0 Å². The summed E-state index contributed by atoms with van der Waals surface area (Å²) in [6.07, 6.45) is 2.28. The summed E-state index contributed by atoms with van der Waals surface area (Å²) in [6, 6.07) is 9.71. The largest absolute Gasteiger partial charge is 0.355 e. The molecule has 1 heterocycles. The van der Waals surface area contributed by atoms with E-state index in [0.29, 0.717) is 25.1 Å². The zero-order valence-corrected chi connectivity index (χ0v) is 12.8. The Morgan fingerprint density at radius 1 is 1.14 bits per heavy atom. The summed E-state index contributed by atoms with van der Waals surface area (Å²) in [6.45, 7) is 4.23. The minimum absolute atomic E-state index is 0.111. The van der Waals surface area contributed by atoms with Crippen molar-refractivity contribution in [3.8, 4) is 5.69 Å². The number of para-hydroxylation sites is 1.